The molecule has 0 saturated heterocycles. The van der Waals surface area contributed by atoms with Crippen LogP contribution in [-0.2, 0) is 12.8 Å². The lowest BCUT2D eigenvalue weighted by Gasteiger charge is -2.08. The highest BCUT2D eigenvalue weighted by atomic mass is 16.3. The van der Waals surface area contributed by atoms with Crippen LogP contribution in [0.5, 0.6) is 11.5 Å². The Labute approximate surface area is 176 Å². The second-order valence-electron chi connectivity index (χ2n) is 6.69. The van der Waals surface area contributed by atoms with Crippen molar-refractivity contribution in [3.05, 3.63) is 47.9 Å². The molecule has 13 heteroatoms. The van der Waals surface area contributed by atoms with E-state index in [-0.39, 0.29) is 23.4 Å². The maximum Gasteiger partial charge on any atom is 0.434 e. The maximum absolute atomic E-state index is 9.61. The van der Waals surface area contributed by atoms with E-state index in [9.17, 15) is 10.2 Å². The molecular weight excluding hydrogens is 404 g/mol. The van der Waals surface area contributed by atoms with E-state index in [1.807, 2.05) is 12.1 Å². The van der Waals surface area contributed by atoms with Crippen LogP contribution in [0.4, 0.5) is 23.8 Å². The van der Waals surface area contributed by atoms with Gasteiger partial charge in [0.2, 0.25) is 0 Å². The van der Waals surface area contributed by atoms with Crippen molar-refractivity contribution < 1.29 is 19.4 Å². The number of benzene rings is 1. The van der Waals surface area contributed by atoms with E-state index >= 15 is 0 Å². The molecule has 31 heavy (non-hydrogen) atoms. The number of furan rings is 1. The Kier molecular flexibility index (Phi) is 5.47. The number of aromatic amines is 1. The van der Waals surface area contributed by atoms with Gasteiger partial charge >= 0.3 is 11.9 Å². The third kappa shape index (κ3) is 4.44. The van der Waals surface area contributed by atoms with Crippen LogP contribution in [0.3, 0.4) is 0 Å². The van der Waals surface area contributed by atoms with Crippen LogP contribution >= 0.6 is 0 Å². The highest BCUT2D eigenvalue weighted by molar-refractivity contribution is 5.41. The van der Waals surface area contributed by atoms with E-state index in [0.29, 0.717) is 37.8 Å². The summed E-state index contributed by atoms with van der Waals surface area (Å²) >= 11 is 0. The number of hydrogen-bond donors (Lipinski definition) is 7. The number of aromatic nitrogens is 6. The lowest BCUT2D eigenvalue weighted by atomic mass is 10.1. The predicted molar refractivity (Wildman–Crippen MR) is 111 cm³/mol. The van der Waals surface area contributed by atoms with Gasteiger partial charge < -0.3 is 31.0 Å². The van der Waals surface area contributed by atoms with Crippen LogP contribution in [0.25, 0.3) is 0 Å². The zero-order valence-corrected chi connectivity index (χ0v) is 16.5. The van der Waals surface area contributed by atoms with Gasteiger partial charge in [-0.25, -0.2) is 0 Å². The number of phenolic OH excluding ortho intramolecular Hbond substituents is 2. The fraction of sp³-hybridized carbons (Fsp3) is 0.222. The first-order valence-electron chi connectivity index (χ1n) is 9.51. The van der Waals surface area contributed by atoms with Crippen molar-refractivity contribution in [3.63, 3.8) is 0 Å². The summed E-state index contributed by atoms with van der Waals surface area (Å²) in [6.45, 7) is 1.05. The Bertz CT molecular complexity index is 1150. The summed E-state index contributed by atoms with van der Waals surface area (Å²) < 4.78 is 6.75. The molecule has 0 bridgehead atoms. The number of nitrogens with zero attached hydrogens (tertiary/aromatic N) is 5. The quantitative estimate of drug-likeness (QED) is 0.142. The monoisotopic (exact) mass is 427 g/mol. The van der Waals surface area contributed by atoms with E-state index in [1.165, 1.54) is 21.6 Å². The van der Waals surface area contributed by atoms with Crippen molar-refractivity contribution in [2.45, 2.75) is 12.8 Å². The van der Waals surface area contributed by atoms with Crippen molar-refractivity contribution in [1.82, 2.24) is 25.0 Å². The lowest BCUT2D eigenvalue weighted by Crippen LogP contribution is -2.47. The van der Waals surface area contributed by atoms with Crippen molar-refractivity contribution >= 4 is 23.8 Å². The second kappa shape index (κ2) is 8.52. The van der Waals surface area contributed by atoms with E-state index in [2.05, 4.69) is 30.9 Å². The number of nitrogens with two attached hydrogens (primary N) is 2. The zero-order chi connectivity index (χ0) is 21.8. The average Bonchev–Trinajstić information content (AvgIpc) is 3.46. The molecule has 3 aromatic heterocycles. The maximum atomic E-state index is 9.61. The van der Waals surface area contributed by atoms with Gasteiger partial charge in [0, 0.05) is 19.5 Å². The third-order valence-electron chi connectivity index (χ3n) is 4.50. The van der Waals surface area contributed by atoms with Crippen LogP contribution in [0.15, 0.2) is 41.0 Å². The molecular formula is C18H23N10O3+. The first-order chi connectivity index (χ1) is 15.0. The number of phenols is 2. The van der Waals surface area contributed by atoms with Gasteiger partial charge in [-0.05, 0) is 46.0 Å². The minimum Gasteiger partial charge on any atom is -0.504 e. The van der Waals surface area contributed by atoms with Crippen LogP contribution in [-0.4, -0.2) is 48.3 Å². The van der Waals surface area contributed by atoms with E-state index in [1.54, 1.807) is 12.3 Å². The molecule has 0 spiro atoms. The van der Waals surface area contributed by atoms with Gasteiger partial charge in [0.1, 0.15) is 5.76 Å². The molecule has 0 aliphatic carbocycles. The molecule has 0 atom stereocenters. The molecule has 1 aromatic carbocycles. The Morgan fingerprint density at radius 1 is 1.06 bits per heavy atom. The van der Waals surface area contributed by atoms with Crippen LogP contribution in [0, 0.1) is 0 Å². The van der Waals surface area contributed by atoms with E-state index < -0.39 is 0 Å². The van der Waals surface area contributed by atoms with Gasteiger partial charge in [-0.1, -0.05) is 6.07 Å². The van der Waals surface area contributed by atoms with Crippen molar-refractivity contribution in [3.8, 4) is 11.5 Å². The number of nitrogens with one attached hydrogen (secondary N) is 3. The second-order valence-corrected chi connectivity index (χ2v) is 6.69. The summed E-state index contributed by atoms with van der Waals surface area (Å²) in [4.78, 5) is 5.66. The fourth-order valence-corrected chi connectivity index (χ4v) is 2.98. The lowest BCUT2D eigenvalue weighted by molar-refractivity contribution is -0.762. The average molecular weight is 427 g/mol. The SMILES string of the molecule is Nc1nnc(NCCc2ccc(O)c(O)c2)n1-[n+]1[nH]c(NCCc2ccco2)nc1N. The first-order valence-corrected chi connectivity index (χ1v) is 9.51. The van der Waals surface area contributed by atoms with Gasteiger partial charge in [-0.15, -0.1) is 14.9 Å². The molecule has 0 amide bonds. The molecule has 0 aliphatic heterocycles. The Morgan fingerprint density at radius 3 is 2.68 bits per heavy atom. The molecule has 3 heterocycles. The number of anilines is 4. The minimum absolute atomic E-state index is 0.104. The molecule has 162 valence electrons. The smallest absolute Gasteiger partial charge is 0.434 e. The fourth-order valence-electron chi connectivity index (χ4n) is 2.98. The Morgan fingerprint density at radius 2 is 1.90 bits per heavy atom. The number of hydrogen-bond acceptors (Lipinski definition) is 10. The molecule has 9 N–H and O–H groups in total. The van der Waals surface area contributed by atoms with Crippen LogP contribution in [0.2, 0.25) is 0 Å². The third-order valence-corrected chi connectivity index (χ3v) is 4.50. The van der Waals surface area contributed by atoms with Crippen molar-refractivity contribution in [1.29, 1.82) is 0 Å². The molecule has 0 saturated carbocycles. The number of nitrogen functional groups attached to an aromatic ring is 2. The zero-order valence-electron chi connectivity index (χ0n) is 16.5. The van der Waals surface area contributed by atoms with Crippen LogP contribution < -0.4 is 26.9 Å². The topological polar surface area (TPSA) is 193 Å². The summed E-state index contributed by atoms with van der Waals surface area (Å²) in [5.74, 6) is 1.58. The predicted octanol–water partition coefficient (Wildman–Crippen LogP) is 0.0779. The summed E-state index contributed by atoms with van der Waals surface area (Å²) in [5.41, 5.74) is 12.8. The molecule has 0 unspecified atom stereocenters. The highest BCUT2D eigenvalue weighted by Crippen LogP contribution is 2.25. The number of rotatable bonds is 9. The normalized spacial score (nSPS) is 11.0. The molecule has 0 radical (unpaired) electrons. The number of H-pyrrole nitrogens is 1. The van der Waals surface area contributed by atoms with Gasteiger partial charge in [-0.2, -0.15) is 5.10 Å². The van der Waals surface area contributed by atoms with Gasteiger partial charge in [0.25, 0.3) is 11.9 Å². The minimum atomic E-state index is -0.169. The molecule has 4 aromatic rings. The first kappa shape index (κ1) is 19.9. The van der Waals surface area contributed by atoms with Gasteiger partial charge in [0.05, 0.1) is 6.26 Å². The summed E-state index contributed by atoms with van der Waals surface area (Å²) in [5, 5.41) is 36.2. The van der Waals surface area contributed by atoms with Crippen molar-refractivity contribution in [2.24, 2.45) is 0 Å². The summed E-state index contributed by atoms with van der Waals surface area (Å²) in [7, 11) is 0. The van der Waals surface area contributed by atoms with Crippen LogP contribution in [0.1, 0.15) is 11.3 Å². The number of aromatic hydroxyl groups is 2. The van der Waals surface area contributed by atoms with E-state index in [4.69, 9.17) is 15.9 Å². The Hall–Kier alpha value is -4.42. The molecule has 0 aliphatic rings. The van der Waals surface area contributed by atoms with Crippen molar-refractivity contribution in [2.75, 3.05) is 35.2 Å². The standard InChI is InChI=1S/C18H22N10O3/c19-15-23-17(21-8-6-12-2-1-9-31-12)26-28(15)27-16(20)24-25-18(27)22-7-5-11-3-4-13(29)14(30)10-11/h1-4,9-10H,5-8H2,(H8,19,20,21,22,23,24,25,26,29,30)/p+1. The summed E-state index contributed by atoms with van der Waals surface area (Å²) in [6, 6.07) is 8.39. The van der Waals surface area contributed by atoms with Gasteiger partial charge in [0.15, 0.2) is 11.5 Å². The summed E-state index contributed by atoms with van der Waals surface area (Å²) in [6.07, 6.45) is 2.87. The van der Waals surface area contributed by atoms with Gasteiger partial charge in [-0.3, -0.25) is 5.73 Å². The highest BCUT2D eigenvalue weighted by Gasteiger charge is 2.22. The van der Waals surface area contributed by atoms with E-state index in [0.717, 1.165) is 11.3 Å². The molecule has 0 fully saturated rings. The molecule has 13 nitrogen and oxygen atoms in total. The Balaban J connectivity index is 1.42. The molecule has 4 rings (SSSR count). The largest absolute Gasteiger partial charge is 0.504 e.